The van der Waals surface area contributed by atoms with E-state index in [0.29, 0.717) is 24.5 Å². The quantitative estimate of drug-likeness (QED) is 0.565. The van der Waals surface area contributed by atoms with Crippen LogP contribution in [0.4, 0.5) is 11.4 Å². The van der Waals surface area contributed by atoms with E-state index >= 15 is 0 Å². The molecule has 1 heterocycles. The molecule has 0 unspecified atom stereocenters. The molecule has 0 fully saturated rings. The summed E-state index contributed by atoms with van der Waals surface area (Å²) in [5.41, 5.74) is 5.51. The smallest absolute Gasteiger partial charge is 0.255 e. The Morgan fingerprint density at radius 2 is 1.75 bits per heavy atom. The molecule has 1 amide bonds. The van der Waals surface area contributed by atoms with Gasteiger partial charge in [0, 0.05) is 38.6 Å². The average molecular weight is 430 g/mol. The highest BCUT2D eigenvalue weighted by atomic mass is 16.5. The summed E-state index contributed by atoms with van der Waals surface area (Å²) >= 11 is 0. The second-order valence-corrected chi connectivity index (χ2v) is 8.21. The average Bonchev–Trinajstić information content (AvgIpc) is 3.24. The molecule has 4 rings (SSSR count). The number of nitrogens with zero attached hydrogens (tertiary/aromatic N) is 2. The van der Waals surface area contributed by atoms with E-state index in [2.05, 4.69) is 63.6 Å². The van der Waals surface area contributed by atoms with Crippen LogP contribution < -0.4 is 19.9 Å². The second-order valence-electron chi connectivity index (χ2n) is 8.21. The van der Waals surface area contributed by atoms with Crippen molar-refractivity contribution < 1.29 is 9.53 Å². The maximum absolute atomic E-state index is 13.1. The standard InChI is InChI=1S/C27H31N3O2/c1-4-32-26-12-8-6-10-23(26)27(31)28-19-25(21-13-15-22(16-14-21)29(2)3)30-18-17-20-9-5-7-11-24(20)30/h5-16,25H,4,17-19H2,1-3H3,(H,28,31)/t25-/m0/s1. The number of hydrogen-bond donors (Lipinski definition) is 1. The molecule has 0 bridgehead atoms. The van der Waals surface area contributed by atoms with E-state index in [-0.39, 0.29) is 11.9 Å². The third kappa shape index (κ3) is 4.57. The number of nitrogens with one attached hydrogen (secondary N) is 1. The van der Waals surface area contributed by atoms with Crippen molar-refractivity contribution in [3.63, 3.8) is 0 Å². The molecule has 1 aliphatic rings. The lowest BCUT2D eigenvalue weighted by atomic mass is 10.0. The van der Waals surface area contributed by atoms with Crippen molar-refractivity contribution >= 4 is 17.3 Å². The highest BCUT2D eigenvalue weighted by molar-refractivity contribution is 5.97. The zero-order valence-corrected chi connectivity index (χ0v) is 19.0. The first-order valence-electron chi connectivity index (χ1n) is 11.2. The molecule has 1 N–H and O–H groups in total. The Kier molecular flexibility index (Phi) is 6.64. The predicted molar refractivity (Wildman–Crippen MR) is 131 cm³/mol. The van der Waals surface area contributed by atoms with Gasteiger partial charge < -0.3 is 19.9 Å². The Balaban J connectivity index is 1.60. The molecule has 0 aromatic heterocycles. The van der Waals surface area contributed by atoms with Crippen LogP contribution in [0, 0.1) is 0 Å². The fourth-order valence-electron chi connectivity index (χ4n) is 4.31. The third-order valence-electron chi connectivity index (χ3n) is 5.98. The first-order chi connectivity index (χ1) is 15.6. The molecular weight excluding hydrogens is 398 g/mol. The molecule has 1 atom stereocenters. The summed E-state index contributed by atoms with van der Waals surface area (Å²) in [6.45, 7) is 3.89. The maximum atomic E-state index is 13.1. The van der Waals surface area contributed by atoms with Crippen LogP contribution in [-0.4, -0.2) is 39.7 Å². The lowest BCUT2D eigenvalue weighted by Gasteiger charge is -2.31. The van der Waals surface area contributed by atoms with Crippen molar-refractivity contribution in [3.8, 4) is 5.75 Å². The van der Waals surface area contributed by atoms with Crippen molar-refractivity contribution in [2.45, 2.75) is 19.4 Å². The van der Waals surface area contributed by atoms with Gasteiger partial charge in [-0.2, -0.15) is 0 Å². The van der Waals surface area contributed by atoms with Crippen molar-refractivity contribution in [2.75, 3.05) is 43.6 Å². The van der Waals surface area contributed by atoms with Gasteiger partial charge in [0.25, 0.3) is 5.91 Å². The van der Waals surface area contributed by atoms with Crippen LogP contribution in [-0.2, 0) is 6.42 Å². The van der Waals surface area contributed by atoms with Gasteiger partial charge in [0.1, 0.15) is 5.75 Å². The number of carbonyl (C=O) groups is 1. The Labute approximate surface area is 190 Å². The van der Waals surface area contributed by atoms with Crippen LogP contribution in [0.15, 0.2) is 72.8 Å². The zero-order valence-electron chi connectivity index (χ0n) is 19.0. The molecule has 32 heavy (non-hydrogen) atoms. The summed E-state index contributed by atoms with van der Waals surface area (Å²) < 4.78 is 5.66. The Morgan fingerprint density at radius 3 is 2.50 bits per heavy atom. The van der Waals surface area contributed by atoms with Gasteiger partial charge in [0.15, 0.2) is 0 Å². The van der Waals surface area contributed by atoms with E-state index < -0.39 is 0 Å². The van der Waals surface area contributed by atoms with Crippen molar-refractivity contribution in [2.24, 2.45) is 0 Å². The largest absolute Gasteiger partial charge is 0.493 e. The normalized spacial score (nSPS) is 13.4. The highest BCUT2D eigenvalue weighted by Crippen LogP contribution is 2.35. The summed E-state index contributed by atoms with van der Waals surface area (Å²) in [6.07, 6.45) is 1.02. The van der Waals surface area contributed by atoms with E-state index in [1.807, 2.05) is 45.3 Å². The predicted octanol–water partition coefficient (Wildman–Crippen LogP) is 4.69. The van der Waals surface area contributed by atoms with Crippen LogP contribution in [0.2, 0.25) is 0 Å². The number of ether oxygens (including phenoxy) is 1. The Bertz CT molecular complexity index is 1060. The van der Waals surface area contributed by atoms with E-state index in [9.17, 15) is 4.79 Å². The van der Waals surface area contributed by atoms with Crippen molar-refractivity contribution in [1.29, 1.82) is 0 Å². The van der Waals surface area contributed by atoms with Gasteiger partial charge in [-0.1, -0.05) is 42.5 Å². The lowest BCUT2D eigenvalue weighted by molar-refractivity contribution is 0.0947. The summed E-state index contributed by atoms with van der Waals surface area (Å²) in [5.74, 6) is 0.502. The van der Waals surface area contributed by atoms with Gasteiger partial charge in [0.05, 0.1) is 18.2 Å². The molecule has 3 aromatic rings. The van der Waals surface area contributed by atoms with Gasteiger partial charge in [-0.15, -0.1) is 0 Å². The minimum absolute atomic E-state index is 0.0399. The number of amides is 1. The van der Waals surface area contributed by atoms with Crippen LogP contribution in [0.3, 0.4) is 0 Å². The Morgan fingerprint density at radius 1 is 1.03 bits per heavy atom. The van der Waals surface area contributed by atoms with E-state index in [0.717, 1.165) is 18.7 Å². The number of para-hydroxylation sites is 2. The molecule has 0 saturated carbocycles. The molecule has 5 nitrogen and oxygen atoms in total. The fourth-order valence-corrected chi connectivity index (χ4v) is 4.31. The summed E-state index contributed by atoms with van der Waals surface area (Å²) in [6, 6.07) is 24.6. The van der Waals surface area contributed by atoms with Gasteiger partial charge in [-0.25, -0.2) is 0 Å². The molecule has 1 aliphatic heterocycles. The lowest BCUT2D eigenvalue weighted by Crippen LogP contribution is -2.37. The molecule has 0 aliphatic carbocycles. The summed E-state index contributed by atoms with van der Waals surface area (Å²) in [5, 5.41) is 3.17. The highest BCUT2D eigenvalue weighted by Gasteiger charge is 2.28. The molecule has 5 heteroatoms. The third-order valence-corrected chi connectivity index (χ3v) is 5.98. The van der Waals surface area contributed by atoms with Crippen LogP contribution in [0.1, 0.15) is 34.5 Å². The topological polar surface area (TPSA) is 44.8 Å². The SMILES string of the molecule is CCOc1ccccc1C(=O)NC[C@@H](c1ccc(N(C)C)cc1)N1CCc2ccccc21. The van der Waals surface area contributed by atoms with E-state index in [1.165, 1.54) is 16.8 Å². The van der Waals surface area contributed by atoms with Crippen molar-refractivity contribution in [3.05, 3.63) is 89.5 Å². The number of hydrogen-bond acceptors (Lipinski definition) is 4. The van der Waals surface area contributed by atoms with Crippen LogP contribution >= 0.6 is 0 Å². The molecule has 0 spiro atoms. The number of carbonyl (C=O) groups excluding carboxylic acids is 1. The molecule has 166 valence electrons. The minimum atomic E-state index is -0.114. The minimum Gasteiger partial charge on any atom is -0.493 e. The van der Waals surface area contributed by atoms with Crippen LogP contribution in [0.5, 0.6) is 5.75 Å². The summed E-state index contributed by atoms with van der Waals surface area (Å²) in [7, 11) is 4.08. The van der Waals surface area contributed by atoms with E-state index in [4.69, 9.17) is 4.74 Å². The molecule has 0 radical (unpaired) electrons. The van der Waals surface area contributed by atoms with Gasteiger partial charge >= 0.3 is 0 Å². The molecule has 0 saturated heterocycles. The van der Waals surface area contributed by atoms with Gasteiger partial charge in [-0.05, 0) is 54.8 Å². The first-order valence-corrected chi connectivity index (χ1v) is 11.2. The zero-order chi connectivity index (χ0) is 22.5. The second kappa shape index (κ2) is 9.77. The van der Waals surface area contributed by atoms with E-state index in [1.54, 1.807) is 0 Å². The Hall–Kier alpha value is -3.47. The van der Waals surface area contributed by atoms with Crippen LogP contribution in [0.25, 0.3) is 0 Å². The van der Waals surface area contributed by atoms with Gasteiger partial charge in [-0.3, -0.25) is 4.79 Å². The monoisotopic (exact) mass is 429 g/mol. The van der Waals surface area contributed by atoms with Crippen molar-refractivity contribution in [1.82, 2.24) is 5.32 Å². The molecular formula is C27H31N3O2. The molecule has 3 aromatic carbocycles. The number of rotatable bonds is 8. The fraction of sp³-hybridized carbons (Fsp3) is 0.296. The number of benzene rings is 3. The maximum Gasteiger partial charge on any atom is 0.255 e. The van der Waals surface area contributed by atoms with Gasteiger partial charge in [0.2, 0.25) is 0 Å². The number of anilines is 2. The number of fused-ring (bicyclic) bond motifs is 1. The first kappa shape index (κ1) is 21.8. The summed E-state index contributed by atoms with van der Waals surface area (Å²) in [4.78, 5) is 17.6.